The molecule has 0 aliphatic carbocycles. The smallest absolute Gasteiger partial charge is 0.0404 e. The van der Waals surface area contributed by atoms with Gasteiger partial charge in [-0.1, -0.05) is 12.2 Å². The third-order valence-corrected chi connectivity index (χ3v) is 2.35. The molecule has 1 aliphatic heterocycles. The van der Waals surface area contributed by atoms with Gasteiger partial charge in [-0.2, -0.15) is 0 Å². The highest BCUT2D eigenvalue weighted by atomic mass is 35.5. The lowest BCUT2D eigenvalue weighted by Gasteiger charge is -2.10. The van der Waals surface area contributed by atoms with Crippen LogP contribution in [0.1, 0.15) is 6.42 Å². The second-order valence-corrected chi connectivity index (χ2v) is 3.59. The Balaban J connectivity index is 2.04. The molecule has 0 radical (unpaired) electrons. The topological polar surface area (TPSA) is 15.3 Å². The van der Waals surface area contributed by atoms with Gasteiger partial charge >= 0.3 is 0 Å². The molecule has 70 valence electrons. The first kappa shape index (κ1) is 10.0. The Morgan fingerprint density at radius 1 is 1.58 bits per heavy atom. The molecule has 3 heteroatoms. The molecule has 0 aromatic rings. The first-order chi connectivity index (χ1) is 5.83. The van der Waals surface area contributed by atoms with Crippen molar-refractivity contribution in [2.24, 2.45) is 0 Å². The summed E-state index contributed by atoms with van der Waals surface area (Å²) in [5.74, 6) is 0.617. The van der Waals surface area contributed by atoms with E-state index in [0.29, 0.717) is 11.9 Å². The van der Waals surface area contributed by atoms with E-state index in [1.54, 1.807) is 0 Å². The molecule has 0 bridgehead atoms. The van der Waals surface area contributed by atoms with Crippen molar-refractivity contribution in [3.05, 3.63) is 12.2 Å². The number of allylic oxidation sites excluding steroid dienone is 1. The van der Waals surface area contributed by atoms with Crippen molar-refractivity contribution in [3.63, 3.8) is 0 Å². The van der Waals surface area contributed by atoms with Crippen LogP contribution in [0.5, 0.6) is 0 Å². The van der Waals surface area contributed by atoms with Gasteiger partial charge in [0, 0.05) is 25.0 Å². The largest absolute Gasteiger partial charge is 0.309 e. The monoisotopic (exact) mass is 188 g/mol. The summed E-state index contributed by atoms with van der Waals surface area (Å²) in [6.07, 6.45) is 5.34. The Bertz CT molecular complexity index is 147. The quantitative estimate of drug-likeness (QED) is 0.525. The van der Waals surface area contributed by atoms with Crippen LogP contribution in [0.25, 0.3) is 0 Å². The third-order valence-electron chi connectivity index (χ3n) is 2.17. The summed E-state index contributed by atoms with van der Waals surface area (Å²) >= 11 is 5.50. The molecule has 1 unspecified atom stereocenters. The number of hydrogen-bond acceptors (Lipinski definition) is 2. The zero-order valence-electron chi connectivity index (χ0n) is 7.59. The molecule has 1 rings (SSSR count). The maximum absolute atomic E-state index is 5.50. The lowest BCUT2D eigenvalue weighted by atomic mass is 10.2. The van der Waals surface area contributed by atoms with Gasteiger partial charge in [-0.05, 0) is 20.0 Å². The number of nitrogens with zero attached hydrogens (tertiary/aromatic N) is 1. The first-order valence-corrected chi connectivity index (χ1v) is 4.99. The van der Waals surface area contributed by atoms with E-state index < -0.39 is 0 Å². The Kier molecular flexibility index (Phi) is 4.66. The molecule has 1 fully saturated rings. The average molecular weight is 189 g/mol. The third kappa shape index (κ3) is 3.57. The molecule has 1 saturated heterocycles. The van der Waals surface area contributed by atoms with Gasteiger partial charge in [0.1, 0.15) is 0 Å². The second kappa shape index (κ2) is 5.57. The second-order valence-electron chi connectivity index (χ2n) is 3.28. The van der Waals surface area contributed by atoms with E-state index in [1.807, 2.05) is 6.08 Å². The van der Waals surface area contributed by atoms with Crippen LogP contribution in [-0.4, -0.2) is 43.5 Å². The van der Waals surface area contributed by atoms with Crippen molar-refractivity contribution in [2.75, 3.05) is 32.6 Å². The van der Waals surface area contributed by atoms with Crippen LogP contribution in [0, 0.1) is 0 Å². The van der Waals surface area contributed by atoms with E-state index >= 15 is 0 Å². The fraction of sp³-hybridized carbons (Fsp3) is 0.778. The number of rotatable bonds is 4. The molecule has 0 amide bonds. The number of alkyl halides is 1. The molecule has 12 heavy (non-hydrogen) atoms. The zero-order valence-corrected chi connectivity index (χ0v) is 8.35. The minimum Gasteiger partial charge on any atom is -0.309 e. The Hall–Kier alpha value is -0.0500. The van der Waals surface area contributed by atoms with Crippen molar-refractivity contribution >= 4 is 11.6 Å². The van der Waals surface area contributed by atoms with Crippen LogP contribution in [0.2, 0.25) is 0 Å². The Morgan fingerprint density at radius 3 is 3.00 bits per heavy atom. The predicted molar refractivity (Wildman–Crippen MR) is 53.8 cm³/mol. The van der Waals surface area contributed by atoms with Crippen LogP contribution in [-0.2, 0) is 0 Å². The van der Waals surface area contributed by atoms with Crippen molar-refractivity contribution in [2.45, 2.75) is 12.5 Å². The van der Waals surface area contributed by atoms with Gasteiger partial charge in [-0.3, -0.25) is 0 Å². The lowest BCUT2D eigenvalue weighted by Crippen LogP contribution is -2.31. The summed E-state index contributed by atoms with van der Waals surface area (Å²) in [6, 6.07) is 0.676. The number of hydrogen-bond donors (Lipinski definition) is 1. The molecule has 0 aromatic heterocycles. The van der Waals surface area contributed by atoms with E-state index in [-0.39, 0.29) is 0 Å². The first-order valence-electron chi connectivity index (χ1n) is 4.46. The highest BCUT2D eigenvalue weighted by Crippen LogP contribution is 2.05. The minimum atomic E-state index is 0.617. The van der Waals surface area contributed by atoms with Crippen LogP contribution in [0.4, 0.5) is 0 Å². The van der Waals surface area contributed by atoms with Gasteiger partial charge in [0.15, 0.2) is 0 Å². The van der Waals surface area contributed by atoms with E-state index in [9.17, 15) is 0 Å². The summed E-state index contributed by atoms with van der Waals surface area (Å²) in [5.41, 5.74) is 0. The summed E-state index contributed by atoms with van der Waals surface area (Å²) in [6.45, 7) is 3.34. The average Bonchev–Trinajstić information content (AvgIpc) is 2.45. The van der Waals surface area contributed by atoms with E-state index in [1.165, 1.54) is 19.5 Å². The van der Waals surface area contributed by atoms with Crippen LogP contribution in [0.3, 0.4) is 0 Å². The van der Waals surface area contributed by atoms with Crippen molar-refractivity contribution in [3.8, 4) is 0 Å². The van der Waals surface area contributed by atoms with E-state index in [4.69, 9.17) is 11.6 Å². The van der Waals surface area contributed by atoms with Gasteiger partial charge in [0.25, 0.3) is 0 Å². The highest BCUT2D eigenvalue weighted by molar-refractivity contribution is 6.18. The van der Waals surface area contributed by atoms with Crippen molar-refractivity contribution in [1.29, 1.82) is 0 Å². The lowest BCUT2D eigenvalue weighted by molar-refractivity contribution is 0.401. The zero-order chi connectivity index (χ0) is 8.81. The number of halogens is 1. The Labute approximate surface area is 79.6 Å². The molecule has 0 saturated carbocycles. The normalized spacial score (nSPS) is 25.7. The molecule has 0 aromatic carbocycles. The van der Waals surface area contributed by atoms with Gasteiger partial charge in [-0.25, -0.2) is 0 Å². The van der Waals surface area contributed by atoms with Crippen LogP contribution in [0.15, 0.2) is 12.2 Å². The standard InChI is InChI=1S/C9H17ClN2/c1-12-7-4-9(8-12)11-6-3-2-5-10/h2-3,9,11H,4-8H2,1H3/b3-2+. The molecule has 2 nitrogen and oxygen atoms in total. The predicted octanol–water partition coefficient (Wildman–Crippen LogP) is 1.08. The Morgan fingerprint density at radius 2 is 2.42 bits per heavy atom. The minimum absolute atomic E-state index is 0.617. The number of nitrogens with one attached hydrogen (secondary N) is 1. The van der Waals surface area contributed by atoms with Crippen molar-refractivity contribution in [1.82, 2.24) is 10.2 Å². The van der Waals surface area contributed by atoms with Gasteiger partial charge < -0.3 is 10.2 Å². The van der Waals surface area contributed by atoms with E-state index in [0.717, 1.165) is 6.54 Å². The van der Waals surface area contributed by atoms with Gasteiger partial charge in [0.05, 0.1) is 0 Å². The van der Waals surface area contributed by atoms with Crippen LogP contribution < -0.4 is 5.32 Å². The SMILES string of the molecule is CN1CCC(NC/C=C/CCl)C1. The maximum Gasteiger partial charge on any atom is 0.0404 e. The molecule has 1 heterocycles. The molecule has 1 atom stereocenters. The number of likely N-dealkylation sites (tertiary alicyclic amines) is 1. The fourth-order valence-corrected chi connectivity index (χ4v) is 1.61. The van der Waals surface area contributed by atoms with Gasteiger partial charge in [0.2, 0.25) is 0 Å². The number of likely N-dealkylation sites (N-methyl/N-ethyl adjacent to an activating group) is 1. The van der Waals surface area contributed by atoms with E-state index in [2.05, 4.69) is 23.3 Å². The molecule has 1 aliphatic rings. The molecular weight excluding hydrogens is 172 g/mol. The maximum atomic E-state index is 5.50. The summed E-state index contributed by atoms with van der Waals surface area (Å²) in [5, 5.41) is 3.46. The summed E-state index contributed by atoms with van der Waals surface area (Å²) in [4.78, 5) is 2.35. The van der Waals surface area contributed by atoms with Crippen molar-refractivity contribution < 1.29 is 0 Å². The van der Waals surface area contributed by atoms with Gasteiger partial charge in [-0.15, -0.1) is 11.6 Å². The fourth-order valence-electron chi connectivity index (χ4n) is 1.48. The summed E-state index contributed by atoms with van der Waals surface area (Å²) in [7, 11) is 2.16. The molecule has 0 spiro atoms. The molecular formula is C9H17ClN2. The van der Waals surface area contributed by atoms with Crippen LogP contribution >= 0.6 is 11.6 Å². The highest BCUT2D eigenvalue weighted by Gasteiger charge is 2.17. The summed E-state index contributed by atoms with van der Waals surface area (Å²) < 4.78 is 0. The molecule has 1 N–H and O–H groups in total.